The van der Waals surface area contributed by atoms with Crippen LogP contribution in [0.5, 0.6) is 0 Å². The van der Waals surface area contributed by atoms with Gasteiger partial charge in [-0.3, -0.25) is 10.1 Å². The number of thiazole rings is 1. The number of hydrazone groups is 1. The fourth-order valence-corrected chi connectivity index (χ4v) is 4.60. The lowest BCUT2D eigenvalue weighted by atomic mass is 10.2. The molecule has 8 heteroatoms. The Morgan fingerprint density at radius 2 is 1.69 bits per heavy atom. The van der Waals surface area contributed by atoms with E-state index >= 15 is 0 Å². The van der Waals surface area contributed by atoms with E-state index in [-0.39, 0.29) is 4.90 Å². The number of benzene rings is 3. The molecule has 4 rings (SSSR count). The molecular formula is C21H18N4O2S2. The zero-order valence-electron chi connectivity index (χ0n) is 15.5. The van der Waals surface area contributed by atoms with Crippen molar-refractivity contribution < 1.29 is 8.42 Å². The van der Waals surface area contributed by atoms with Crippen LogP contribution in [0.2, 0.25) is 0 Å². The summed E-state index contributed by atoms with van der Waals surface area (Å²) in [6.45, 7) is 1.91. The fraction of sp³-hybridized carbons (Fsp3) is 0.0476. The van der Waals surface area contributed by atoms with E-state index in [1.54, 1.807) is 48.7 Å². The number of aromatic nitrogens is 1. The van der Waals surface area contributed by atoms with E-state index in [1.165, 1.54) is 11.3 Å². The number of hydrogen-bond acceptors (Lipinski definition) is 6. The van der Waals surface area contributed by atoms with Crippen molar-refractivity contribution in [1.82, 2.24) is 4.98 Å². The molecule has 0 aliphatic rings. The molecule has 0 amide bonds. The summed E-state index contributed by atoms with van der Waals surface area (Å²) in [5.74, 6) is 0. The molecule has 0 saturated heterocycles. The Kier molecular flexibility index (Phi) is 5.28. The van der Waals surface area contributed by atoms with Gasteiger partial charge in [0, 0.05) is 5.56 Å². The second-order valence-electron chi connectivity index (χ2n) is 6.36. The van der Waals surface area contributed by atoms with Crippen molar-refractivity contribution in [3.05, 3.63) is 83.9 Å². The Hall–Kier alpha value is -3.23. The minimum Gasteiger partial charge on any atom is -0.279 e. The number of nitrogens with one attached hydrogen (secondary N) is 2. The third kappa shape index (κ3) is 4.44. The van der Waals surface area contributed by atoms with Gasteiger partial charge in [0.05, 0.1) is 27.0 Å². The summed E-state index contributed by atoms with van der Waals surface area (Å²) in [5, 5.41) is 4.89. The van der Waals surface area contributed by atoms with E-state index < -0.39 is 10.0 Å². The van der Waals surface area contributed by atoms with Crippen LogP contribution >= 0.6 is 11.3 Å². The molecule has 0 aliphatic carbocycles. The quantitative estimate of drug-likeness (QED) is 0.344. The molecule has 0 saturated carbocycles. The number of anilines is 2. The first-order chi connectivity index (χ1) is 14.0. The third-order valence-corrected chi connectivity index (χ3v) is 6.52. The number of aryl methyl sites for hydroxylation is 1. The lowest BCUT2D eigenvalue weighted by Crippen LogP contribution is -2.14. The molecule has 0 radical (unpaired) electrons. The monoisotopic (exact) mass is 422 g/mol. The standard InChI is InChI=1S/C21H18N4O2S2/c1-15-10-12-17(13-11-15)29(26,27)25-18-7-3-2-6-16(18)14-22-24-21-23-19-8-4-5-9-20(19)28-21/h2-14,25H,1H3,(H,23,24)/b22-14+. The topological polar surface area (TPSA) is 83.5 Å². The maximum absolute atomic E-state index is 12.7. The summed E-state index contributed by atoms with van der Waals surface area (Å²) in [6, 6.07) is 21.6. The van der Waals surface area contributed by atoms with E-state index in [0.717, 1.165) is 15.8 Å². The van der Waals surface area contributed by atoms with E-state index in [2.05, 4.69) is 20.2 Å². The van der Waals surface area contributed by atoms with Crippen molar-refractivity contribution in [1.29, 1.82) is 0 Å². The molecule has 0 bridgehead atoms. The zero-order valence-corrected chi connectivity index (χ0v) is 17.2. The lowest BCUT2D eigenvalue weighted by molar-refractivity contribution is 0.601. The van der Waals surface area contributed by atoms with E-state index in [9.17, 15) is 8.42 Å². The van der Waals surface area contributed by atoms with Gasteiger partial charge in [0.1, 0.15) is 0 Å². The first-order valence-corrected chi connectivity index (χ1v) is 11.1. The number of hydrogen-bond donors (Lipinski definition) is 2. The van der Waals surface area contributed by atoms with Crippen LogP contribution in [0.3, 0.4) is 0 Å². The molecule has 3 aromatic carbocycles. The SMILES string of the molecule is Cc1ccc(S(=O)(=O)Nc2ccccc2/C=N/Nc2nc3ccccc3s2)cc1. The average Bonchev–Trinajstić information content (AvgIpc) is 3.12. The van der Waals surface area contributed by atoms with Crippen LogP contribution in [-0.2, 0) is 10.0 Å². The van der Waals surface area contributed by atoms with Gasteiger partial charge in [-0.15, -0.1) is 0 Å². The molecule has 2 N–H and O–H groups in total. The van der Waals surface area contributed by atoms with Gasteiger partial charge in [0.15, 0.2) is 0 Å². The molecule has 1 heterocycles. The fourth-order valence-electron chi connectivity index (χ4n) is 2.70. The molecule has 29 heavy (non-hydrogen) atoms. The molecule has 0 unspecified atom stereocenters. The number of para-hydroxylation sites is 2. The second kappa shape index (κ2) is 8.02. The van der Waals surface area contributed by atoms with Gasteiger partial charge in [0.25, 0.3) is 10.0 Å². The highest BCUT2D eigenvalue weighted by molar-refractivity contribution is 7.92. The van der Waals surface area contributed by atoms with Crippen molar-refractivity contribution >= 4 is 48.6 Å². The van der Waals surface area contributed by atoms with Crippen LogP contribution in [0.25, 0.3) is 10.2 Å². The van der Waals surface area contributed by atoms with E-state index in [0.29, 0.717) is 16.4 Å². The largest absolute Gasteiger partial charge is 0.279 e. The maximum Gasteiger partial charge on any atom is 0.261 e. The second-order valence-corrected chi connectivity index (χ2v) is 9.08. The van der Waals surface area contributed by atoms with Gasteiger partial charge in [-0.2, -0.15) is 5.10 Å². The Morgan fingerprint density at radius 3 is 2.48 bits per heavy atom. The number of sulfonamides is 1. The number of nitrogens with zero attached hydrogens (tertiary/aromatic N) is 2. The predicted octanol–water partition coefficient (Wildman–Crippen LogP) is 4.85. The number of fused-ring (bicyclic) bond motifs is 1. The van der Waals surface area contributed by atoms with Crippen LogP contribution in [-0.4, -0.2) is 19.6 Å². The summed E-state index contributed by atoms with van der Waals surface area (Å²) < 4.78 is 29.1. The molecular weight excluding hydrogens is 404 g/mol. The summed E-state index contributed by atoms with van der Waals surface area (Å²) in [6.07, 6.45) is 1.57. The third-order valence-electron chi connectivity index (χ3n) is 4.19. The van der Waals surface area contributed by atoms with Gasteiger partial charge in [-0.25, -0.2) is 13.4 Å². The normalized spacial score (nSPS) is 11.8. The van der Waals surface area contributed by atoms with Crippen molar-refractivity contribution in [3.8, 4) is 0 Å². The molecule has 0 spiro atoms. The summed E-state index contributed by atoms with van der Waals surface area (Å²) >= 11 is 1.50. The van der Waals surface area contributed by atoms with Gasteiger partial charge >= 0.3 is 0 Å². The summed E-state index contributed by atoms with van der Waals surface area (Å²) in [7, 11) is -3.69. The van der Waals surface area contributed by atoms with Crippen LogP contribution in [0.15, 0.2) is 82.8 Å². The molecule has 0 fully saturated rings. The minimum atomic E-state index is -3.69. The minimum absolute atomic E-state index is 0.211. The van der Waals surface area contributed by atoms with Crippen LogP contribution < -0.4 is 10.1 Å². The zero-order chi connectivity index (χ0) is 20.3. The molecule has 0 aliphatic heterocycles. The molecule has 0 atom stereocenters. The highest BCUT2D eigenvalue weighted by Gasteiger charge is 2.15. The Labute approximate surface area is 173 Å². The van der Waals surface area contributed by atoms with Gasteiger partial charge in [-0.05, 0) is 37.3 Å². The van der Waals surface area contributed by atoms with E-state index in [1.807, 2.05) is 37.3 Å². The summed E-state index contributed by atoms with van der Waals surface area (Å²) in [4.78, 5) is 4.67. The van der Waals surface area contributed by atoms with Gasteiger partial charge < -0.3 is 0 Å². The van der Waals surface area contributed by atoms with Crippen molar-refractivity contribution in [3.63, 3.8) is 0 Å². The Bertz CT molecular complexity index is 1250. The van der Waals surface area contributed by atoms with Crippen LogP contribution in [0.1, 0.15) is 11.1 Å². The Balaban J connectivity index is 1.53. The first kappa shape index (κ1) is 19.1. The number of rotatable bonds is 6. The van der Waals surface area contributed by atoms with Crippen molar-refractivity contribution in [2.75, 3.05) is 10.1 Å². The highest BCUT2D eigenvalue weighted by Crippen LogP contribution is 2.25. The first-order valence-electron chi connectivity index (χ1n) is 8.84. The van der Waals surface area contributed by atoms with E-state index in [4.69, 9.17) is 0 Å². The maximum atomic E-state index is 12.7. The molecule has 1 aromatic heterocycles. The van der Waals surface area contributed by atoms with Crippen molar-refractivity contribution in [2.45, 2.75) is 11.8 Å². The van der Waals surface area contributed by atoms with Crippen LogP contribution in [0, 0.1) is 6.92 Å². The van der Waals surface area contributed by atoms with Gasteiger partial charge in [-0.1, -0.05) is 59.4 Å². The molecule has 146 valence electrons. The smallest absolute Gasteiger partial charge is 0.261 e. The van der Waals surface area contributed by atoms with Crippen LogP contribution in [0.4, 0.5) is 10.8 Å². The highest BCUT2D eigenvalue weighted by atomic mass is 32.2. The Morgan fingerprint density at radius 1 is 0.966 bits per heavy atom. The van der Waals surface area contributed by atoms with Crippen molar-refractivity contribution in [2.24, 2.45) is 5.10 Å². The predicted molar refractivity (Wildman–Crippen MR) is 119 cm³/mol. The average molecular weight is 423 g/mol. The summed E-state index contributed by atoms with van der Waals surface area (Å²) in [5.41, 5.74) is 5.89. The lowest BCUT2D eigenvalue weighted by Gasteiger charge is -2.10. The van der Waals surface area contributed by atoms with Gasteiger partial charge in [0.2, 0.25) is 5.13 Å². The molecule has 6 nitrogen and oxygen atoms in total. The molecule has 4 aromatic rings.